The first-order chi connectivity index (χ1) is 12.1. The number of hydrogen-bond donors (Lipinski definition) is 1. The number of carbonyl (C=O) groups excluding carboxylic acids is 1. The minimum Gasteiger partial charge on any atom is -0.508 e. The summed E-state index contributed by atoms with van der Waals surface area (Å²) in [5.41, 5.74) is 3.40. The van der Waals surface area contributed by atoms with Gasteiger partial charge >= 0.3 is 0 Å². The van der Waals surface area contributed by atoms with E-state index in [2.05, 4.69) is 30.9 Å². The van der Waals surface area contributed by atoms with E-state index in [1.54, 1.807) is 24.3 Å². The van der Waals surface area contributed by atoms with Gasteiger partial charge in [0, 0.05) is 30.2 Å². The first-order valence-electron chi connectivity index (χ1n) is 8.54. The Morgan fingerprint density at radius 1 is 1.12 bits per heavy atom. The van der Waals surface area contributed by atoms with Crippen molar-refractivity contribution >= 4 is 29.1 Å². The van der Waals surface area contributed by atoms with Crippen molar-refractivity contribution in [2.75, 3.05) is 23.9 Å². The number of aryl methyl sites for hydroxylation is 1. The molecule has 132 valence electrons. The second-order valence-corrected chi connectivity index (χ2v) is 6.12. The molecule has 0 amide bonds. The standard InChI is InChI=1S/C21H24ClNO2/c1-3-23(4-2)19-9-5-16(6-10-19)7-11-20(24)17-8-12-21(25)18(15-17)13-14-22/h5-12,15,25H,3-4,13-14H2,1-2H3/b11-7+. The number of carbonyl (C=O) groups is 1. The molecule has 0 aliphatic heterocycles. The number of anilines is 1. The molecule has 0 aliphatic carbocycles. The normalized spacial score (nSPS) is 11.0. The maximum Gasteiger partial charge on any atom is 0.185 e. The Balaban J connectivity index is 2.11. The number of rotatable bonds is 8. The van der Waals surface area contributed by atoms with Crippen molar-refractivity contribution in [3.63, 3.8) is 0 Å². The van der Waals surface area contributed by atoms with Gasteiger partial charge in [-0.05, 0) is 67.8 Å². The van der Waals surface area contributed by atoms with Crippen LogP contribution >= 0.6 is 11.6 Å². The minimum absolute atomic E-state index is 0.0939. The number of nitrogens with zero attached hydrogens (tertiary/aromatic N) is 1. The second kappa shape index (κ2) is 9.28. The predicted octanol–water partition coefficient (Wildman–Crippen LogP) is 4.92. The van der Waals surface area contributed by atoms with Crippen molar-refractivity contribution in [1.82, 2.24) is 0 Å². The van der Waals surface area contributed by atoms with Gasteiger partial charge in [0.1, 0.15) is 5.75 Å². The van der Waals surface area contributed by atoms with Crippen molar-refractivity contribution in [2.45, 2.75) is 20.3 Å². The third-order valence-electron chi connectivity index (χ3n) is 4.18. The molecule has 2 aromatic carbocycles. The van der Waals surface area contributed by atoms with E-state index in [0.717, 1.165) is 18.7 Å². The number of allylic oxidation sites excluding steroid dienone is 1. The van der Waals surface area contributed by atoms with Crippen LogP contribution in [0.15, 0.2) is 48.5 Å². The number of halogens is 1. The lowest BCUT2D eigenvalue weighted by atomic mass is 10.0. The van der Waals surface area contributed by atoms with E-state index in [4.69, 9.17) is 11.6 Å². The smallest absolute Gasteiger partial charge is 0.185 e. The van der Waals surface area contributed by atoms with Gasteiger partial charge in [-0.2, -0.15) is 0 Å². The molecule has 3 nitrogen and oxygen atoms in total. The van der Waals surface area contributed by atoms with E-state index < -0.39 is 0 Å². The summed E-state index contributed by atoms with van der Waals surface area (Å²) in [6.07, 6.45) is 3.90. The van der Waals surface area contributed by atoms with Crippen LogP contribution < -0.4 is 4.90 Å². The molecule has 0 aliphatic rings. The van der Waals surface area contributed by atoms with E-state index in [0.29, 0.717) is 23.4 Å². The Labute approximate surface area is 154 Å². The van der Waals surface area contributed by atoms with E-state index >= 15 is 0 Å². The van der Waals surface area contributed by atoms with Gasteiger partial charge in [0.25, 0.3) is 0 Å². The van der Waals surface area contributed by atoms with Crippen LogP contribution in [0.5, 0.6) is 5.75 Å². The summed E-state index contributed by atoms with van der Waals surface area (Å²) in [4.78, 5) is 14.6. The molecule has 0 radical (unpaired) electrons. The zero-order valence-corrected chi connectivity index (χ0v) is 15.5. The Kier molecular flexibility index (Phi) is 7.08. The zero-order valence-electron chi connectivity index (χ0n) is 14.7. The summed E-state index contributed by atoms with van der Waals surface area (Å²) < 4.78 is 0. The summed E-state index contributed by atoms with van der Waals surface area (Å²) in [6, 6.07) is 13.0. The Morgan fingerprint density at radius 2 is 1.80 bits per heavy atom. The summed E-state index contributed by atoms with van der Waals surface area (Å²) >= 11 is 5.72. The van der Waals surface area contributed by atoms with Crippen LogP contribution in [0.4, 0.5) is 5.69 Å². The number of benzene rings is 2. The molecular formula is C21H24ClNO2. The van der Waals surface area contributed by atoms with E-state index in [-0.39, 0.29) is 11.5 Å². The summed E-state index contributed by atoms with van der Waals surface area (Å²) in [7, 11) is 0. The molecule has 1 N–H and O–H groups in total. The monoisotopic (exact) mass is 357 g/mol. The number of ketones is 1. The van der Waals surface area contributed by atoms with Crippen molar-refractivity contribution in [1.29, 1.82) is 0 Å². The van der Waals surface area contributed by atoms with Gasteiger partial charge in [0.05, 0.1) is 0 Å². The molecule has 2 rings (SSSR count). The van der Waals surface area contributed by atoms with Crippen molar-refractivity contribution in [3.05, 3.63) is 65.2 Å². The van der Waals surface area contributed by atoms with Gasteiger partial charge < -0.3 is 10.0 Å². The van der Waals surface area contributed by atoms with Crippen molar-refractivity contribution in [3.8, 4) is 5.75 Å². The lowest BCUT2D eigenvalue weighted by Crippen LogP contribution is -2.21. The number of hydrogen-bond acceptors (Lipinski definition) is 3. The van der Waals surface area contributed by atoms with Gasteiger partial charge in [-0.15, -0.1) is 11.6 Å². The SMILES string of the molecule is CCN(CC)c1ccc(/C=C/C(=O)c2ccc(O)c(CCCl)c2)cc1. The predicted molar refractivity (Wildman–Crippen MR) is 106 cm³/mol. The Bertz CT molecular complexity index is 734. The molecule has 0 saturated carbocycles. The quantitative estimate of drug-likeness (QED) is 0.414. The number of phenolic OH excluding ortho intramolecular Hbond substituents is 1. The average molecular weight is 358 g/mol. The molecule has 2 aromatic rings. The maximum atomic E-state index is 12.3. The summed E-state index contributed by atoms with van der Waals surface area (Å²) in [5.74, 6) is 0.483. The highest BCUT2D eigenvalue weighted by Crippen LogP contribution is 2.20. The van der Waals surface area contributed by atoms with Gasteiger partial charge in [-0.1, -0.05) is 18.2 Å². The molecule has 0 aromatic heterocycles. The van der Waals surface area contributed by atoms with Crippen LogP contribution in [0.2, 0.25) is 0 Å². The third-order valence-corrected chi connectivity index (χ3v) is 4.37. The number of aromatic hydroxyl groups is 1. The van der Waals surface area contributed by atoms with E-state index in [1.165, 1.54) is 5.69 Å². The van der Waals surface area contributed by atoms with Crippen LogP contribution in [-0.2, 0) is 6.42 Å². The van der Waals surface area contributed by atoms with Crippen molar-refractivity contribution < 1.29 is 9.90 Å². The van der Waals surface area contributed by atoms with E-state index in [9.17, 15) is 9.90 Å². The lowest BCUT2D eigenvalue weighted by molar-refractivity contribution is 0.104. The average Bonchev–Trinajstić information content (AvgIpc) is 2.64. The molecular weight excluding hydrogens is 334 g/mol. The van der Waals surface area contributed by atoms with Gasteiger partial charge in [0.15, 0.2) is 5.78 Å². The molecule has 0 saturated heterocycles. The largest absolute Gasteiger partial charge is 0.508 e. The molecule has 0 atom stereocenters. The molecule has 0 heterocycles. The fraction of sp³-hybridized carbons (Fsp3) is 0.286. The van der Waals surface area contributed by atoms with Crippen LogP contribution in [-0.4, -0.2) is 29.9 Å². The fourth-order valence-corrected chi connectivity index (χ4v) is 2.90. The first-order valence-corrected chi connectivity index (χ1v) is 9.07. The highest BCUT2D eigenvalue weighted by molar-refractivity contribution is 6.18. The molecule has 0 fully saturated rings. The minimum atomic E-state index is -0.0939. The van der Waals surface area contributed by atoms with Gasteiger partial charge in [0.2, 0.25) is 0 Å². The fourth-order valence-electron chi connectivity index (χ4n) is 2.69. The third kappa shape index (κ3) is 5.10. The van der Waals surface area contributed by atoms with Crippen molar-refractivity contribution in [2.24, 2.45) is 0 Å². The van der Waals surface area contributed by atoms with Gasteiger partial charge in [-0.25, -0.2) is 0 Å². The first kappa shape index (κ1) is 19.1. The zero-order chi connectivity index (χ0) is 18.2. The second-order valence-electron chi connectivity index (χ2n) is 5.74. The van der Waals surface area contributed by atoms with Gasteiger partial charge in [-0.3, -0.25) is 4.79 Å². The topological polar surface area (TPSA) is 40.5 Å². The highest BCUT2D eigenvalue weighted by Gasteiger charge is 2.07. The van der Waals surface area contributed by atoms with Crippen LogP contribution in [0.3, 0.4) is 0 Å². The summed E-state index contributed by atoms with van der Waals surface area (Å²) in [5, 5.41) is 9.78. The van der Waals surface area contributed by atoms with Crippen LogP contribution in [0.1, 0.15) is 35.3 Å². The van der Waals surface area contributed by atoms with Crippen LogP contribution in [0.25, 0.3) is 6.08 Å². The molecule has 0 spiro atoms. The Morgan fingerprint density at radius 3 is 2.40 bits per heavy atom. The lowest BCUT2D eigenvalue weighted by Gasteiger charge is -2.20. The number of phenols is 1. The molecule has 0 bridgehead atoms. The Hall–Kier alpha value is -2.26. The molecule has 4 heteroatoms. The maximum absolute atomic E-state index is 12.3. The van der Waals surface area contributed by atoms with Crippen LogP contribution in [0, 0.1) is 0 Å². The number of alkyl halides is 1. The summed E-state index contributed by atoms with van der Waals surface area (Å²) in [6.45, 7) is 6.20. The molecule has 0 unspecified atom stereocenters. The van der Waals surface area contributed by atoms with E-state index in [1.807, 2.05) is 18.2 Å². The highest BCUT2D eigenvalue weighted by atomic mass is 35.5. The molecule has 25 heavy (non-hydrogen) atoms.